The Morgan fingerprint density at radius 2 is 2.05 bits per heavy atom. The standard InChI is InChI=1S/C16H22Cl2N2O/c1-12-6-10-20(11-7-12)9-3-8-19-16(21)13-4-2-5-14(17)15(13)18/h2,4-5,12H,3,6-11H2,1H3,(H,19,21). The highest BCUT2D eigenvalue weighted by Crippen LogP contribution is 2.25. The van der Waals surface area contributed by atoms with Crippen molar-refractivity contribution >= 4 is 29.1 Å². The Hall–Kier alpha value is -0.770. The van der Waals surface area contributed by atoms with E-state index in [0.29, 0.717) is 22.2 Å². The monoisotopic (exact) mass is 328 g/mol. The van der Waals surface area contributed by atoms with Gasteiger partial charge in [-0.15, -0.1) is 0 Å². The van der Waals surface area contributed by atoms with Crippen LogP contribution in [0.5, 0.6) is 0 Å². The molecule has 0 radical (unpaired) electrons. The number of amides is 1. The topological polar surface area (TPSA) is 32.3 Å². The molecule has 1 heterocycles. The van der Waals surface area contributed by atoms with Crippen LogP contribution in [-0.2, 0) is 0 Å². The number of halogens is 2. The number of rotatable bonds is 5. The van der Waals surface area contributed by atoms with Crippen molar-refractivity contribution in [1.29, 1.82) is 0 Å². The van der Waals surface area contributed by atoms with Gasteiger partial charge in [-0.05, 0) is 56.9 Å². The maximum atomic E-state index is 12.0. The highest BCUT2D eigenvalue weighted by atomic mass is 35.5. The molecular weight excluding hydrogens is 307 g/mol. The molecule has 0 aliphatic carbocycles. The average Bonchev–Trinajstić information content (AvgIpc) is 2.48. The lowest BCUT2D eigenvalue weighted by molar-refractivity contribution is 0.0950. The van der Waals surface area contributed by atoms with Gasteiger partial charge < -0.3 is 10.2 Å². The highest BCUT2D eigenvalue weighted by Gasteiger charge is 2.15. The molecule has 1 aliphatic heterocycles. The summed E-state index contributed by atoms with van der Waals surface area (Å²) in [7, 11) is 0. The predicted octanol–water partition coefficient (Wildman–Crippen LogP) is 3.85. The number of carbonyl (C=O) groups excluding carboxylic acids is 1. The summed E-state index contributed by atoms with van der Waals surface area (Å²) in [5, 5.41) is 3.64. The number of hydrogen-bond donors (Lipinski definition) is 1. The summed E-state index contributed by atoms with van der Waals surface area (Å²) in [5.41, 5.74) is 0.441. The van der Waals surface area contributed by atoms with Gasteiger partial charge in [0.25, 0.3) is 5.91 Å². The van der Waals surface area contributed by atoms with E-state index in [1.54, 1.807) is 18.2 Å². The summed E-state index contributed by atoms with van der Waals surface area (Å²) in [6.45, 7) is 6.36. The summed E-state index contributed by atoms with van der Waals surface area (Å²) >= 11 is 11.9. The first-order valence-electron chi connectivity index (χ1n) is 7.52. The minimum absolute atomic E-state index is 0.158. The van der Waals surface area contributed by atoms with Crippen LogP contribution in [0.3, 0.4) is 0 Å². The largest absolute Gasteiger partial charge is 0.352 e. The molecule has 0 spiro atoms. The van der Waals surface area contributed by atoms with E-state index in [4.69, 9.17) is 23.2 Å². The van der Waals surface area contributed by atoms with Crippen LogP contribution >= 0.6 is 23.2 Å². The van der Waals surface area contributed by atoms with Crippen molar-refractivity contribution < 1.29 is 4.79 Å². The SMILES string of the molecule is CC1CCN(CCCNC(=O)c2cccc(Cl)c2Cl)CC1. The Kier molecular flexibility index (Phi) is 6.34. The second kappa shape index (κ2) is 8.02. The van der Waals surface area contributed by atoms with Crippen LogP contribution in [0.25, 0.3) is 0 Å². The maximum absolute atomic E-state index is 12.0. The molecule has 21 heavy (non-hydrogen) atoms. The smallest absolute Gasteiger partial charge is 0.252 e. The first-order chi connectivity index (χ1) is 10.1. The molecule has 1 fully saturated rings. The van der Waals surface area contributed by atoms with E-state index in [0.717, 1.165) is 18.9 Å². The summed E-state index contributed by atoms with van der Waals surface area (Å²) in [6, 6.07) is 5.10. The van der Waals surface area contributed by atoms with E-state index in [-0.39, 0.29) is 5.91 Å². The minimum atomic E-state index is -0.158. The molecule has 0 unspecified atom stereocenters. The molecule has 0 saturated carbocycles. The van der Waals surface area contributed by atoms with Crippen molar-refractivity contribution in [1.82, 2.24) is 10.2 Å². The molecule has 1 aromatic rings. The number of benzene rings is 1. The van der Waals surface area contributed by atoms with Crippen molar-refractivity contribution in [2.75, 3.05) is 26.2 Å². The predicted molar refractivity (Wildman–Crippen MR) is 88.3 cm³/mol. The van der Waals surface area contributed by atoms with Crippen LogP contribution in [0.2, 0.25) is 10.0 Å². The van der Waals surface area contributed by atoms with Gasteiger partial charge in [0.1, 0.15) is 0 Å². The Balaban J connectivity index is 1.71. The normalized spacial score (nSPS) is 16.9. The molecule has 0 aromatic heterocycles. The fourth-order valence-corrected chi connectivity index (χ4v) is 2.95. The third-order valence-electron chi connectivity index (χ3n) is 4.01. The van der Waals surface area contributed by atoms with Gasteiger partial charge in [0, 0.05) is 6.54 Å². The molecule has 3 nitrogen and oxygen atoms in total. The van der Waals surface area contributed by atoms with E-state index in [2.05, 4.69) is 17.1 Å². The van der Waals surface area contributed by atoms with Crippen LogP contribution in [0, 0.1) is 5.92 Å². The van der Waals surface area contributed by atoms with Crippen molar-refractivity contribution in [2.24, 2.45) is 5.92 Å². The van der Waals surface area contributed by atoms with Crippen molar-refractivity contribution in [3.05, 3.63) is 33.8 Å². The number of hydrogen-bond acceptors (Lipinski definition) is 2. The lowest BCUT2D eigenvalue weighted by atomic mass is 9.99. The maximum Gasteiger partial charge on any atom is 0.252 e. The van der Waals surface area contributed by atoms with Crippen molar-refractivity contribution in [3.63, 3.8) is 0 Å². The Morgan fingerprint density at radius 1 is 1.33 bits per heavy atom. The fourth-order valence-electron chi connectivity index (χ4n) is 2.56. The van der Waals surface area contributed by atoms with E-state index in [9.17, 15) is 4.79 Å². The van der Waals surface area contributed by atoms with Crippen LogP contribution < -0.4 is 5.32 Å². The molecule has 5 heteroatoms. The zero-order valence-corrected chi connectivity index (χ0v) is 13.9. The zero-order valence-electron chi connectivity index (χ0n) is 12.4. The molecule has 1 aliphatic rings. The summed E-state index contributed by atoms with van der Waals surface area (Å²) < 4.78 is 0. The van der Waals surface area contributed by atoms with E-state index >= 15 is 0 Å². The minimum Gasteiger partial charge on any atom is -0.352 e. The van der Waals surface area contributed by atoms with Crippen LogP contribution in [0.15, 0.2) is 18.2 Å². The molecule has 0 bridgehead atoms. The van der Waals surface area contributed by atoms with Gasteiger partial charge in [-0.2, -0.15) is 0 Å². The first kappa shape index (κ1) is 16.6. The molecule has 2 rings (SSSR count). The average molecular weight is 329 g/mol. The summed E-state index contributed by atoms with van der Waals surface area (Å²) in [5.74, 6) is 0.695. The third kappa shape index (κ3) is 4.87. The van der Waals surface area contributed by atoms with Crippen LogP contribution in [-0.4, -0.2) is 37.0 Å². The molecule has 1 aromatic carbocycles. The number of nitrogens with zero attached hydrogens (tertiary/aromatic N) is 1. The van der Waals surface area contributed by atoms with E-state index < -0.39 is 0 Å². The van der Waals surface area contributed by atoms with Gasteiger partial charge in [-0.25, -0.2) is 0 Å². The van der Waals surface area contributed by atoms with Crippen molar-refractivity contribution in [2.45, 2.75) is 26.2 Å². The zero-order chi connectivity index (χ0) is 15.2. The third-order valence-corrected chi connectivity index (χ3v) is 4.83. The molecule has 1 saturated heterocycles. The second-order valence-electron chi connectivity index (χ2n) is 5.73. The number of likely N-dealkylation sites (tertiary alicyclic amines) is 1. The molecule has 116 valence electrons. The molecule has 0 atom stereocenters. The van der Waals surface area contributed by atoms with Gasteiger partial charge in [0.05, 0.1) is 15.6 Å². The Bertz CT molecular complexity index is 485. The van der Waals surface area contributed by atoms with E-state index in [1.165, 1.54) is 25.9 Å². The number of nitrogens with one attached hydrogen (secondary N) is 1. The number of carbonyl (C=O) groups is 1. The lowest BCUT2D eigenvalue weighted by Crippen LogP contribution is -2.35. The van der Waals surface area contributed by atoms with E-state index in [1.807, 2.05) is 0 Å². The fraction of sp³-hybridized carbons (Fsp3) is 0.562. The van der Waals surface area contributed by atoms with Crippen LogP contribution in [0.4, 0.5) is 0 Å². The Labute approximate surface area is 136 Å². The van der Waals surface area contributed by atoms with Gasteiger partial charge >= 0.3 is 0 Å². The number of piperidine rings is 1. The Morgan fingerprint density at radius 3 is 2.76 bits per heavy atom. The molecule has 1 amide bonds. The quantitative estimate of drug-likeness (QED) is 0.833. The van der Waals surface area contributed by atoms with Crippen LogP contribution in [0.1, 0.15) is 36.5 Å². The summed E-state index contributed by atoms with van der Waals surface area (Å²) in [6.07, 6.45) is 3.52. The second-order valence-corrected chi connectivity index (χ2v) is 6.52. The van der Waals surface area contributed by atoms with Gasteiger partial charge in [0.2, 0.25) is 0 Å². The summed E-state index contributed by atoms with van der Waals surface area (Å²) in [4.78, 5) is 14.5. The van der Waals surface area contributed by atoms with Gasteiger partial charge in [-0.3, -0.25) is 4.79 Å². The lowest BCUT2D eigenvalue weighted by Gasteiger charge is -2.30. The van der Waals surface area contributed by atoms with Gasteiger partial charge in [-0.1, -0.05) is 36.2 Å². The highest BCUT2D eigenvalue weighted by molar-refractivity contribution is 6.43. The first-order valence-corrected chi connectivity index (χ1v) is 8.28. The molecule has 1 N–H and O–H groups in total. The molecular formula is C16H22Cl2N2O. The van der Waals surface area contributed by atoms with Crippen molar-refractivity contribution in [3.8, 4) is 0 Å². The van der Waals surface area contributed by atoms with Gasteiger partial charge in [0.15, 0.2) is 0 Å².